The zero-order valence-corrected chi connectivity index (χ0v) is 19.6. The maximum atomic E-state index is 5.34. The third-order valence-corrected chi connectivity index (χ3v) is 6.86. The maximum Gasteiger partial charge on any atom is 0.0979 e. The Morgan fingerprint density at radius 1 is 0.278 bits per heavy atom. The maximum absolute atomic E-state index is 5.34. The molecule has 1 heterocycles. The second-order valence-corrected chi connectivity index (χ2v) is 9.02. The summed E-state index contributed by atoms with van der Waals surface area (Å²) in [7, 11) is 0. The molecule has 0 fully saturated rings. The molecular formula is C34H22N2. The summed E-state index contributed by atoms with van der Waals surface area (Å²) in [5.41, 5.74) is 8.18. The lowest BCUT2D eigenvalue weighted by Crippen LogP contribution is -1.97. The SMILES string of the molecule is c1ccc(-c2ccc(-c3nc4c5ccccc5c5ccccc5c4nc3-c3ccccc3)cc2)cc1. The lowest BCUT2D eigenvalue weighted by atomic mass is 9.97. The minimum absolute atomic E-state index is 0.897. The first-order valence-corrected chi connectivity index (χ1v) is 12.2. The Morgan fingerprint density at radius 3 is 1.11 bits per heavy atom. The molecule has 0 aliphatic heterocycles. The van der Waals surface area contributed by atoms with Crippen LogP contribution in [0.1, 0.15) is 0 Å². The molecule has 0 radical (unpaired) electrons. The molecule has 0 saturated heterocycles. The van der Waals surface area contributed by atoms with Crippen molar-refractivity contribution in [2.75, 3.05) is 0 Å². The minimum Gasteiger partial charge on any atom is -0.243 e. The molecule has 0 aliphatic rings. The third kappa shape index (κ3) is 3.35. The number of hydrogen-bond acceptors (Lipinski definition) is 2. The standard InChI is InChI=1S/C34H22N2/c1-3-11-23(12-4-1)24-19-21-26(22-20-24)32-31(25-13-5-2-6-14-25)35-33-29-17-9-7-15-27(29)28-16-8-10-18-30(28)34(33)36-32/h1-22H. The van der Waals surface area contributed by atoms with Crippen LogP contribution in [0.4, 0.5) is 0 Å². The molecule has 0 bridgehead atoms. The first-order valence-electron chi connectivity index (χ1n) is 12.2. The van der Waals surface area contributed by atoms with Gasteiger partial charge in [0.2, 0.25) is 0 Å². The van der Waals surface area contributed by atoms with Crippen molar-refractivity contribution < 1.29 is 0 Å². The average Bonchev–Trinajstić information content (AvgIpc) is 2.98. The van der Waals surface area contributed by atoms with Crippen molar-refractivity contribution in [3.63, 3.8) is 0 Å². The summed E-state index contributed by atoms with van der Waals surface area (Å²) in [6.45, 7) is 0. The van der Waals surface area contributed by atoms with E-state index in [4.69, 9.17) is 9.97 Å². The smallest absolute Gasteiger partial charge is 0.0979 e. The van der Waals surface area contributed by atoms with Gasteiger partial charge in [-0.15, -0.1) is 0 Å². The Labute approximate surface area is 209 Å². The summed E-state index contributed by atoms with van der Waals surface area (Å²) in [5, 5.41) is 4.66. The molecule has 1 aromatic heterocycles. The van der Waals surface area contributed by atoms with E-state index >= 15 is 0 Å². The van der Waals surface area contributed by atoms with Crippen LogP contribution in [0.15, 0.2) is 133 Å². The highest BCUT2D eigenvalue weighted by molar-refractivity contribution is 6.23. The number of nitrogens with zero attached hydrogens (tertiary/aromatic N) is 2. The van der Waals surface area contributed by atoms with E-state index in [9.17, 15) is 0 Å². The quantitative estimate of drug-likeness (QED) is 0.247. The fourth-order valence-corrected chi connectivity index (χ4v) is 5.11. The van der Waals surface area contributed by atoms with Crippen molar-refractivity contribution in [1.82, 2.24) is 9.97 Å². The summed E-state index contributed by atoms with van der Waals surface area (Å²) in [5.74, 6) is 0. The number of aromatic nitrogens is 2. The first-order chi connectivity index (χ1) is 17.9. The fraction of sp³-hybridized carbons (Fsp3) is 0. The lowest BCUT2D eigenvalue weighted by Gasteiger charge is -2.15. The van der Waals surface area contributed by atoms with Crippen LogP contribution < -0.4 is 0 Å². The van der Waals surface area contributed by atoms with Gasteiger partial charge in [-0.1, -0.05) is 133 Å². The van der Waals surface area contributed by atoms with Crippen molar-refractivity contribution in [2.45, 2.75) is 0 Å². The van der Waals surface area contributed by atoms with Gasteiger partial charge in [0, 0.05) is 21.9 Å². The van der Waals surface area contributed by atoms with E-state index in [0.717, 1.165) is 44.3 Å². The molecule has 0 spiro atoms. The number of rotatable bonds is 3. The van der Waals surface area contributed by atoms with Crippen molar-refractivity contribution >= 4 is 32.6 Å². The average molecular weight is 459 g/mol. The molecule has 7 rings (SSSR count). The molecule has 7 aromatic rings. The highest BCUT2D eigenvalue weighted by Gasteiger charge is 2.17. The summed E-state index contributed by atoms with van der Waals surface area (Å²) in [6, 6.07) is 46.5. The molecule has 0 unspecified atom stereocenters. The van der Waals surface area contributed by atoms with Crippen LogP contribution in [0.25, 0.3) is 66.2 Å². The van der Waals surface area contributed by atoms with Gasteiger partial charge >= 0.3 is 0 Å². The van der Waals surface area contributed by atoms with Gasteiger partial charge in [-0.2, -0.15) is 0 Å². The monoisotopic (exact) mass is 458 g/mol. The third-order valence-electron chi connectivity index (χ3n) is 6.86. The molecule has 168 valence electrons. The van der Waals surface area contributed by atoms with Crippen LogP contribution in [-0.2, 0) is 0 Å². The predicted octanol–water partition coefficient (Wildman–Crippen LogP) is 8.94. The highest BCUT2D eigenvalue weighted by atomic mass is 14.8. The Hall–Kier alpha value is -4.82. The van der Waals surface area contributed by atoms with Crippen LogP contribution in [0, 0.1) is 0 Å². The molecule has 0 atom stereocenters. The Bertz CT molecular complexity index is 1860. The van der Waals surface area contributed by atoms with E-state index in [1.807, 2.05) is 12.1 Å². The molecule has 0 amide bonds. The van der Waals surface area contributed by atoms with Gasteiger partial charge in [0.05, 0.1) is 22.4 Å². The van der Waals surface area contributed by atoms with Gasteiger partial charge in [-0.3, -0.25) is 0 Å². The van der Waals surface area contributed by atoms with Gasteiger partial charge in [-0.05, 0) is 21.9 Å². The molecule has 36 heavy (non-hydrogen) atoms. The first kappa shape index (κ1) is 20.5. The Morgan fingerprint density at radius 2 is 0.611 bits per heavy atom. The van der Waals surface area contributed by atoms with E-state index in [2.05, 4.69) is 121 Å². The molecule has 2 nitrogen and oxygen atoms in total. The van der Waals surface area contributed by atoms with Gasteiger partial charge in [-0.25, -0.2) is 9.97 Å². The second-order valence-electron chi connectivity index (χ2n) is 9.02. The minimum atomic E-state index is 0.897. The van der Waals surface area contributed by atoms with Crippen molar-refractivity contribution in [3.05, 3.63) is 133 Å². The lowest BCUT2D eigenvalue weighted by molar-refractivity contribution is 1.31. The van der Waals surface area contributed by atoms with Crippen molar-refractivity contribution in [1.29, 1.82) is 0 Å². The predicted molar refractivity (Wildman–Crippen MR) is 151 cm³/mol. The van der Waals surface area contributed by atoms with Crippen molar-refractivity contribution in [2.24, 2.45) is 0 Å². The van der Waals surface area contributed by atoms with Crippen LogP contribution >= 0.6 is 0 Å². The van der Waals surface area contributed by atoms with Gasteiger partial charge in [0.15, 0.2) is 0 Å². The summed E-state index contributed by atoms with van der Waals surface area (Å²) < 4.78 is 0. The largest absolute Gasteiger partial charge is 0.243 e. The zero-order valence-electron chi connectivity index (χ0n) is 19.6. The molecule has 0 aliphatic carbocycles. The fourth-order valence-electron chi connectivity index (χ4n) is 5.11. The number of hydrogen-bond donors (Lipinski definition) is 0. The van der Waals surface area contributed by atoms with Crippen molar-refractivity contribution in [3.8, 4) is 33.6 Å². The molecule has 2 heteroatoms. The van der Waals surface area contributed by atoms with Crippen LogP contribution in [0.5, 0.6) is 0 Å². The van der Waals surface area contributed by atoms with Crippen LogP contribution in [0.2, 0.25) is 0 Å². The van der Waals surface area contributed by atoms with E-state index in [0.29, 0.717) is 0 Å². The van der Waals surface area contributed by atoms with Gasteiger partial charge in [0.25, 0.3) is 0 Å². The van der Waals surface area contributed by atoms with Gasteiger partial charge < -0.3 is 0 Å². The topological polar surface area (TPSA) is 25.8 Å². The van der Waals surface area contributed by atoms with Crippen LogP contribution in [0.3, 0.4) is 0 Å². The highest BCUT2D eigenvalue weighted by Crippen LogP contribution is 2.38. The van der Waals surface area contributed by atoms with E-state index in [-0.39, 0.29) is 0 Å². The van der Waals surface area contributed by atoms with E-state index in [1.165, 1.54) is 21.9 Å². The normalized spacial score (nSPS) is 11.3. The van der Waals surface area contributed by atoms with E-state index < -0.39 is 0 Å². The van der Waals surface area contributed by atoms with Gasteiger partial charge in [0.1, 0.15) is 0 Å². The number of benzene rings is 6. The summed E-state index contributed by atoms with van der Waals surface area (Å²) in [6.07, 6.45) is 0. The molecule has 0 N–H and O–H groups in total. The number of fused-ring (bicyclic) bond motifs is 6. The molecule has 6 aromatic carbocycles. The summed E-state index contributed by atoms with van der Waals surface area (Å²) in [4.78, 5) is 10.7. The zero-order chi connectivity index (χ0) is 23.9. The molecule has 0 saturated carbocycles. The van der Waals surface area contributed by atoms with Crippen LogP contribution in [-0.4, -0.2) is 9.97 Å². The Balaban J connectivity index is 1.54. The summed E-state index contributed by atoms with van der Waals surface area (Å²) >= 11 is 0. The molecular weight excluding hydrogens is 436 g/mol. The second kappa shape index (κ2) is 8.44. The van der Waals surface area contributed by atoms with E-state index in [1.54, 1.807) is 0 Å². The Kier molecular flexibility index (Phi) is 4.82.